The summed E-state index contributed by atoms with van der Waals surface area (Å²) in [6, 6.07) is 14.9. The Morgan fingerprint density at radius 1 is 0.906 bits per heavy atom. The van der Waals surface area contributed by atoms with Crippen LogP contribution in [0.1, 0.15) is 10.5 Å². The summed E-state index contributed by atoms with van der Waals surface area (Å²) < 4.78 is 67.5. The van der Waals surface area contributed by atoms with Crippen molar-refractivity contribution in [1.29, 1.82) is 0 Å². The van der Waals surface area contributed by atoms with Gasteiger partial charge in [0, 0.05) is 31.6 Å². The number of fused-ring (bicyclic) bond motifs is 1. The van der Waals surface area contributed by atoms with E-state index in [0.717, 1.165) is 29.7 Å². The van der Waals surface area contributed by atoms with E-state index >= 15 is 0 Å². The number of sulfonamides is 1. The lowest BCUT2D eigenvalue weighted by atomic mass is 10.2. The maximum atomic E-state index is 12.8. The second-order valence-corrected chi connectivity index (χ2v) is 9.04. The largest absolute Gasteiger partial charge is 0.573 e. The van der Waals surface area contributed by atoms with Crippen LogP contribution in [-0.2, 0) is 10.0 Å². The van der Waals surface area contributed by atoms with Gasteiger partial charge in [0.15, 0.2) is 0 Å². The first-order chi connectivity index (χ1) is 15.1. The first-order valence-corrected chi connectivity index (χ1v) is 11.1. The summed E-state index contributed by atoms with van der Waals surface area (Å²) in [6.07, 6.45) is -4.86. The molecular formula is C21H18F3N3O4S. The van der Waals surface area contributed by atoms with Crippen molar-refractivity contribution in [2.45, 2.75) is 11.3 Å². The summed E-state index contributed by atoms with van der Waals surface area (Å²) in [5, 5.41) is 0.909. The third-order valence-electron chi connectivity index (χ3n) is 5.04. The zero-order chi connectivity index (χ0) is 22.9. The van der Waals surface area contributed by atoms with Crippen LogP contribution in [0, 0.1) is 0 Å². The Morgan fingerprint density at radius 2 is 1.56 bits per heavy atom. The summed E-state index contributed by atoms with van der Waals surface area (Å²) in [5.74, 6) is -0.795. The third kappa shape index (κ3) is 4.68. The molecular weight excluding hydrogens is 447 g/mol. The SMILES string of the molecule is O=C(c1ccc2ccccc2n1)N1CCN(S(=O)(=O)c2ccc(OC(F)(F)F)cc2)CC1. The first-order valence-electron chi connectivity index (χ1n) is 9.64. The average Bonchev–Trinajstić information content (AvgIpc) is 2.77. The topological polar surface area (TPSA) is 79.8 Å². The molecule has 0 saturated carbocycles. The van der Waals surface area contributed by atoms with Crippen molar-refractivity contribution in [2.75, 3.05) is 26.2 Å². The van der Waals surface area contributed by atoms with Crippen LogP contribution in [0.5, 0.6) is 5.75 Å². The zero-order valence-electron chi connectivity index (χ0n) is 16.6. The summed E-state index contributed by atoms with van der Waals surface area (Å²) >= 11 is 0. The molecule has 1 saturated heterocycles. The van der Waals surface area contributed by atoms with Crippen molar-refractivity contribution < 1.29 is 31.1 Å². The molecule has 1 fully saturated rings. The number of alkyl halides is 3. The van der Waals surface area contributed by atoms with Gasteiger partial charge in [0.25, 0.3) is 5.91 Å². The minimum Gasteiger partial charge on any atom is -0.406 e. The predicted molar refractivity (Wildman–Crippen MR) is 110 cm³/mol. The minimum absolute atomic E-state index is 0.0580. The van der Waals surface area contributed by atoms with E-state index in [1.807, 2.05) is 30.3 Å². The van der Waals surface area contributed by atoms with Gasteiger partial charge in [-0.15, -0.1) is 13.2 Å². The lowest BCUT2D eigenvalue weighted by Crippen LogP contribution is -2.50. The molecule has 3 aromatic rings. The fourth-order valence-electron chi connectivity index (χ4n) is 3.44. The molecule has 0 unspecified atom stereocenters. The van der Waals surface area contributed by atoms with Gasteiger partial charge in [-0.25, -0.2) is 13.4 Å². The van der Waals surface area contributed by atoms with E-state index in [-0.39, 0.29) is 42.7 Å². The molecule has 2 aromatic carbocycles. The quantitative estimate of drug-likeness (QED) is 0.591. The molecule has 1 aromatic heterocycles. The van der Waals surface area contributed by atoms with Gasteiger partial charge in [-0.3, -0.25) is 4.79 Å². The van der Waals surface area contributed by atoms with Gasteiger partial charge in [-0.05, 0) is 36.4 Å². The average molecular weight is 465 g/mol. The van der Waals surface area contributed by atoms with Gasteiger partial charge in [0.1, 0.15) is 11.4 Å². The predicted octanol–water partition coefficient (Wildman–Crippen LogP) is 3.28. The molecule has 0 spiro atoms. The van der Waals surface area contributed by atoms with Crippen molar-refractivity contribution in [3.05, 3.63) is 66.4 Å². The molecule has 1 amide bonds. The van der Waals surface area contributed by atoms with Crippen LogP contribution in [-0.4, -0.2) is 61.1 Å². The van der Waals surface area contributed by atoms with Crippen molar-refractivity contribution >= 4 is 26.8 Å². The van der Waals surface area contributed by atoms with E-state index in [2.05, 4.69) is 9.72 Å². The number of halogens is 3. The number of rotatable bonds is 4. The Morgan fingerprint density at radius 3 is 2.22 bits per heavy atom. The highest BCUT2D eigenvalue weighted by atomic mass is 32.2. The highest BCUT2D eigenvalue weighted by molar-refractivity contribution is 7.89. The van der Waals surface area contributed by atoms with Crippen molar-refractivity contribution in [3.8, 4) is 5.75 Å². The van der Waals surface area contributed by atoms with E-state index in [0.29, 0.717) is 5.52 Å². The second kappa shape index (κ2) is 8.40. The highest BCUT2D eigenvalue weighted by Gasteiger charge is 2.33. The molecule has 2 heterocycles. The minimum atomic E-state index is -4.86. The van der Waals surface area contributed by atoms with Gasteiger partial charge in [0.05, 0.1) is 10.4 Å². The number of hydrogen-bond acceptors (Lipinski definition) is 5. The number of piperazine rings is 1. The number of amides is 1. The van der Waals surface area contributed by atoms with Crippen LogP contribution in [0.2, 0.25) is 0 Å². The molecule has 4 rings (SSSR count). The smallest absolute Gasteiger partial charge is 0.406 e. The second-order valence-electron chi connectivity index (χ2n) is 7.10. The molecule has 32 heavy (non-hydrogen) atoms. The van der Waals surface area contributed by atoms with E-state index < -0.39 is 22.1 Å². The van der Waals surface area contributed by atoms with E-state index in [1.165, 1.54) is 9.21 Å². The Kier molecular flexibility index (Phi) is 5.78. The van der Waals surface area contributed by atoms with Crippen LogP contribution < -0.4 is 4.74 Å². The third-order valence-corrected chi connectivity index (χ3v) is 6.95. The highest BCUT2D eigenvalue weighted by Crippen LogP contribution is 2.25. The molecule has 0 radical (unpaired) electrons. The monoisotopic (exact) mass is 465 g/mol. The molecule has 0 bridgehead atoms. The van der Waals surface area contributed by atoms with E-state index in [9.17, 15) is 26.4 Å². The number of carbonyl (C=O) groups is 1. The van der Waals surface area contributed by atoms with Crippen LogP contribution in [0.25, 0.3) is 10.9 Å². The normalized spacial score (nSPS) is 15.7. The Labute approximate surface area is 182 Å². The van der Waals surface area contributed by atoms with Gasteiger partial charge in [-0.1, -0.05) is 24.3 Å². The molecule has 7 nitrogen and oxygen atoms in total. The summed E-state index contributed by atoms with van der Waals surface area (Å²) in [6.45, 7) is 0.453. The first kappa shape index (κ1) is 22.0. The van der Waals surface area contributed by atoms with Gasteiger partial charge >= 0.3 is 6.36 Å². The molecule has 1 aliphatic heterocycles. The van der Waals surface area contributed by atoms with Crippen LogP contribution in [0.3, 0.4) is 0 Å². The Balaban J connectivity index is 1.42. The van der Waals surface area contributed by atoms with Crippen molar-refractivity contribution in [2.24, 2.45) is 0 Å². The number of pyridine rings is 1. The maximum Gasteiger partial charge on any atom is 0.573 e. The number of ether oxygens (including phenoxy) is 1. The van der Waals surface area contributed by atoms with Crippen molar-refractivity contribution in [3.63, 3.8) is 0 Å². The Bertz CT molecular complexity index is 1240. The van der Waals surface area contributed by atoms with Crippen LogP contribution >= 0.6 is 0 Å². The van der Waals surface area contributed by atoms with Gasteiger partial charge in [0.2, 0.25) is 10.0 Å². The maximum absolute atomic E-state index is 12.8. The van der Waals surface area contributed by atoms with Crippen molar-refractivity contribution in [1.82, 2.24) is 14.2 Å². The van der Waals surface area contributed by atoms with Gasteiger partial charge < -0.3 is 9.64 Å². The number of para-hydroxylation sites is 1. The summed E-state index contributed by atoms with van der Waals surface area (Å²) in [5.41, 5.74) is 0.970. The molecule has 0 N–H and O–H groups in total. The number of nitrogens with zero attached hydrogens (tertiary/aromatic N) is 3. The van der Waals surface area contributed by atoms with E-state index in [1.54, 1.807) is 6.07 Å². The lowest BCUT2D eigenvalue weighted by molar-refractivity contribution is -0.274. The molecule has 1 aliphatic rings. The van der Waals surface area contributed by atoms with E-state index in [4.69, 9.17) is 0 Å². The zero-order valence-corrected chi connectivity index (χ0v) is 17.4. The molecule has 11 heteroatoms. The molecule has 168 valence electrons. The lowest BCUT2D eigenvalue weighted by Gasteiger charge is -2.33. The fraction of sp³-hybridized carbons (Fsp3) is 0.238. The number of benzene rings is 2. The van der Waals surface area contributed by atoms with Gasteiger partial charge in [-0.2, -0.15) is 4.31 Å². The molecule has 0 atom stereocenters. The number of hydrogen-bond donors (Lipinski definition) is 0. The van der Waals surface area contributed by atoms with Crippen LogP contribution in [0.4, 0.5) is 13.2 Å². The standard InChI is InChI=1S/C21H18F3N3O4S/c22-21(23,24)31-16-6-8-17(9-7-16)32(29,30)27-13-11-26(12-14-27)20(28)19-10-5-15-3-1-2-4-18(15)25-19/h1-10H,11-14H2. The number of carbonyl (C=O) groups excluding carboxylic acids is 1. The summed E-state index contributed by atoms with van der Waals surface area (Å²) in [7, 11) is -3.92. The van der Waals surface area contributed by atoms with Crippen LogP contribution in [0.15, 0.2) is 65.6 Å². The number of aromatic nitrogens is 1. The molecule has 0 aliphatic carbocycles. The summed E-state index contributed by atoms with van der Waals surface area (Å²) in [4.78, 5) is 18.6. The fourth-order valence-corrected chi connectivity index (χ4v) is 4.86. The Hall–Kier alpha value is -3.18.